The van der Waals surface area contributed by atoms with E-state index in [4.69, 9.17) is 4.74 Å². The summed E-state index contributed by atoms with van der Waals surface area (Å²) in [5.74, 6) is -0.376. The van der Waals surface area contributed by atoms with E-state index < -0.39 is 5.97 Å². The van der Waals surface area contributed by atoms with Crippen molar-refractivity contribution in [1.82, 2.24) is 25.5 Å². The highest BCUT2D eigenvalue weighted by atomic mass is 32.1. The molecule has 9 heteroatoms. The number of thiazole rings is 1. The summed E-state index contributed by atoms with van der Waals surface area (Å²) in [6, 6.07) is 0. The summed E-state index contributed by atoms with van der Waals surface area (Å²) in [6.45, 7) is 2.19. The van der Waals surface area contributed by atoms with Crippen LogP contribution >= 0.6 is 11.3 Å². The molecular formula is C10H11N5O3S. The van der Waals surface area contributed by atoms with E-state index in [1.165, 1.54) is 11.7 Å². The van der Waals surface area contributed by atoms with Gasteiger partial charge in [-0.05, 0) is 6.92 Å². The van der Waals surface area contributed by atoms with Crippen LogP contribution in [0.3, 0.4) is 0 Å². The third-order valence-electron chi connectivity index (χ3n) is 2.07. The molecule has 0 fully saturated rings. The first-order valence-electron chi connectivity index (χ1n) is 5.45. The molecule has 0 saturated heterocycles. The lowest BCUT2D eigenvalue weighted by Gasteiger charge is -1.99. The quantitative estimate of drug-likeness (QED) is 0.766. The van der Waals surface area contributed by atoms with Gasteiger partial charge in [-0.3, -0.25) is 9.89 Å². The zero-order valence-corrected chi connectivity index (χ0v) is 10.9. The van der Waals surface area contributed by atoms with E-state index in [2.05, 4.69) is 25.5 Å². The largest absolute Gasteiger partial charge is 0.461 e. The Morgan fingerprint density at radius 2 is 2.37 bits per heavy atom. The topological polar surface area (TPSA) is 110 Å². The van der Waals surface area contributed by atoms with Crippen molar-refractivity contribution in [3.05, 3.63) is 28.2 Å². The fraction of sp³-hybridized carbons (Fsp3) is 0.300. The van der Waals surface area contributed by atoms with Crippen molar-refractivity contribution in [2.75, 3.05) is 6.61 Å². The molecule has 0 aromatic carbocycles. The summed E-state index contributed by atoms with van der Waals surface area (Å²) in [7, 11) is 0. The Balaban J connectivity index is 1.94. The van der Waals surface area contributed by atoms with Crippen LogP contribution in [0.15, 0.2) is 11.7 Å². The van der Waals surface area contributed by atoms with Gasteiger partial charge in [0.25, 0.3) is 5.91 Å². The van der Waals surface area contributed by atoms with E-state index in [-0.39, 0.29) is 29.8 Å². The molecule has 2 aromatic rings. The average molecular weight is 281 g/mol. The van der Waals surface area contributed by atoms with Gasteiger partial charge >= 0.3 is 5.97 Å². The van der Waals surface area contributed by atoms with Gasteiger partial charge in [0.15, 0.2) is 0 Å². The molecule has 0 atom stereocenters. The maximum atomic E-state index is 11.8. The number of esters is 1. The minimum absolute atomic E-state index is 0.159. The summed E-state index contributed by atoms with van der Waals surface area (Å²) >= 11 is 1.07. The van der Waals surface area contributed by atoms with Crippen molar-refractivity contribution in [2.45, 2.75) is 13.5 Å². The molecule has 0 unspecified atom stereocenters. The highest BCUT2D eigenvalue weighted by molar-refractivity contribution is 7.11. The first-order chi connectivity index (χ1) is 9.20. The number of aromatic nitrogens is 4. The molecule has 0 saturated carbocycles. The summed E-state index contributed by atoms with van der Waals surface area (Å²) in [5.41, 5.74) is 0.174. The van der Waals surface area contributed by atoms with Crippen LogP contribution in [0.5, 0.6) is 0 Å². The molecule has 1 amide bonds. The molecule has 2 heterocycles. The number of H-pyrrole nitrogens is 1. The number of carbonyl (C=O) groups excluding carboxylic acids is 2. The van der Waals surface area contributed by atoms with E-state index in [0.29, 0.717) is 5.82 Å². The number of hydrogen-bond acceptors (Lipinski definition) is 7. The SMILES string of the molecule is CCOC(=O)c1nc(C(=O)NCc2ncn[nH]2)cs1. The zero-order valence-electron chi connectivity index (χ0n) is 10.0. The van der Waals surface area contributed by atoms with Crippen LogP contribution in [-0.2, 0) is 11.3 Å². The molecule has 0 aliphatic heterocycles. The van der Waals surface area contributed by atoms with E-state index in [0.717, 1.165) is 11.3 Å². The minimum atomic E-state index is -0.526. The summed E-state index contributed by atoms with van der Waals surface area (Å²) < 4.78 is 4.79. The number of nitrogens with one attached hydrogen (secondary N) is 2. The number of rotatable bonds is 5. The Hall–Kier alpha value is -2.29. The summed E-state index contributed by atoms with van der Waals surface area (Å²) in [6.07, 6.45) is 1.35. The Kier molecular flexibility index (Phi) is 4.18. The monoisotopic (exact) mass is 281 g/mol. The second kappa shape index (κ2) is 6.05. The van der Waals surface area contributed by atoms with Crippen LogP contribution in [0.25, 0.3) is 0 Å². The highest BCUT2D eigenvalue weighted by Gasteiger charge is 2.16. The molecule has 0 aliphatic carbocycles. The third-order valence-corrected chi connectivity index (χ3v) is 2.89. The van der Waals surface area contributed by atoms with Gasteiger partial charge in [0.2, 0.25) is 5.01 Å². The van der Waals surface area contributed by atoms with Gasteiger partial charge in [-0.15, -0.1) is 11.3 Å². The average Bonchev–Trinajstić information content (AvgIpc) is 3.07. The molecule has 100 valence electrons. The molecular weight excluding hydrogens is 270 g/mol. The Morgan fingerprint density at radius 3 is 3.05 bits per heavy atom. The van der Waals surface area contributed by atoms with E-state index in [1.54, 1.807) is 6.92 Å². The number of amides is 1. The van der Waals surface area contributed by atoms with Gasteiger partial charge < -0.3 is 10.1 Å². The third kappa shape index (κ3) is 3.35. The summed E-state index contributed by atoms with van der Waals surface area (Å²) in [4.78, 5) is 30.9. The highest BCUT2D eigenvalue weighted by Crippen LogP contribution is 2.11. The molecule has 0 aliphatic rings. The Labute approximate surface area is 112 Å². The number of carbonyl (C=O) groups is 2. The molecule has 2 aromatic heterocycles. The number of ether oxygens (including phenoxy) is 1. The molecule has 0 radical (unpaired) electrons. The number of aromatic amines is 1. The predicted molar refractivity (Wildman–Crippen MR) is 65.6 cm³/mol. The van der Waals surface area contributed by atoms with Gasteiger partial charge in [-0.1, -0.05) is 0 Å². The van der Waals surface area contributed by atoms with Crippen molar-refractivity contribution >= 4 is 23.2 Å². The Morgan fingerprint density at radius 1 is 1.53 bits per heavy atom. The van der Waals surface area contributed by atoms with E-state index in [9.17, 15) is 9.59 Å². The van der Waals surface area contributed by atoms with Crippen molar-refractivity contribution < 1.29 is 14.3 Å². The maximum absolute atomic E-state index is 11.8. The van der Waals surface area contributed by atoms with Gasteiger partial charge in [0, 0.05) is 5.38 Å². The first-order valence-corrected chi connectivity index (χ1v) is 6.33. The minimum Gasteiger partial charge on any atom is -0.461 e. The van der Waals surface area contributed by atoms with Crippen LogP contribution < -0.4 is 5.32 Å². The first kappa shape index (κ1) is 13.1. The lowest BCUT2D eigenvalue weighted by molar-refractivity contribution is 0.0526. The standard InChI is InChI=1S/C10H11N5O3S/c1-2-18-10(17)9-14-6(4-19-9)8(16)11-3-7-12-5-13-15-7/h4-5H,2-3H2,1H3,(H,11,16)(H,12,13,15). The molecule has 2 N–H and O–H groups in total. The normalized spacial score (nSPS) is 10.2. The van der Waals surface area contributed by atoms with Gasteiger partial charge in [0.05, 0.1) is 13.2 Å². The number of nitrogens with zero attached hydrogens (tertiary/aromatic N) is 3. The molecule has 2 rings (SSSR count). The lowest BCUT2D eigenvalue weighted by Crippen LogP contribution is -2.24. The molecule has 0 spiro atoms. The van der Waals surface area contributed by atoms with Crippen LogP contribution in [-0.4, -0.2) is 38.6 Å². The van der Waals surface area contributed by atoms with Crippen molar-refractivity contribution in [2.24, 2.45) is 0 Å². The van der Waals surface area contributed by atoms with E-state index in [1.807, 2.05) is 0 Å². The predicted octanol–water partition coefficient (Wildman–Crippen LogP) is 0.368. The second-order valence-corrected chi connectivity index (χ2v) is 4.23. The van der Waals surface area contributed by atoms with Crippen LogP contribution in [0, 0.1) is 0 Å². The molecule has 8 nitrogen and oxygen atoms in total. The van der Waals surface area contributed by atoms with E-state index >= 15 is 0 Å². The second-order valence-electron chi connectivity index (χ2n) is 3.37. The maximum Gasteiger partial charge on any atom is 0.367 e. The lowest BCUT2D eigenvalue weighted by atomic mass is 10.4. The summed E-state index contributed by atoms with van der Waals surface area (Å²) in [5, 5.41) is 10.5. The smallest absolute Gasteiger partial charge is 0.367 e. The van der Waals surface area contributed by atoms with Crippen molar-refractivity contribution in [1.29, 1.82) is 0 Å². The van der Waals surface area contributed by atoms with Crippen LogP contribution in [0.1, 0.15) is 33.0 Å². The fourth-order valence-electron chi connectivity index (χ4n) is 1.24. The van der Waals surface area contributed by atoms with Crippen molar-refractivity contribution in [3.63, 3.8) is 0 Å². The van der Waals surface area contributed by atoms with Gasteiger partial charge in [-0.2, -0.15) is 5.10 Å². The van der Waals surface area contributed by atoms with Gasteiger partial charge in [0.1, 0.15) is 17.8 Å². The van der Waals surface area contributed by atoms with Crippen molar-refractivity contribution in [3.8, 4) is 0 Å². The van der Waals surface area contributed by atoms with Gasteiger partial charge in [-0.25, -0.2) is 14.8 Å². The van der Waals surface area contributed by atoms with Crippen LogP contribution in [0.4, 0.5) is 0 Å². The zero-order chi connectivity index (χ0) is 13.7. The molecule has 19 heavy (non-hydrogen) atoms. The molecule has 0 bridgehead atoms. The number of hydrogen-bond donors (Lipinski definition) is 2. The van der Waals surface area contributed by atoms with Crippen LogP contribution in [0.2, 0.25) is 0 Å². The fourth-order valence-corrected chi connectivity index (χ4v) is 1.92. The Bertz CT molecular complexity index is 565.